The number of piperidine rings is 1. The first-order valence-corrected chi connectivity index (χ1v) is 3.47. The predicted octanol–water partition coefficient (Wildman–Crippen LogP) is 1.59. The van der Waals surface area contributed by atoms with Gasteiger partial charge in [-0.1, -0.05) is 6.92 Å². The summed E-state index contributed by atoms with van der Waals surface area (Å²) in [5.74, 6) is 0.978. The zero-order chi connectivity index (χ0) is 5.98. The van der Waals surface area contributed by atoms with Gasteiger partial charge in [-0.2, -0.15) is 0 Å². The topological polar surface area (TPSA) is 3.24 Å². The first-order chi connectivity index (χ1) is 3.79. The summed E-state index contributed by atoms with van der Waals surface area (Å²) in [4.78, 5) is 2.40. The van der Waals surface area contributed by atoms with Crippen LogP contribution in [0.1, 0.15) is 21.2 Å². The van der Waals surface area contributed by atoms with Crippen LogP contribution in [0.15, 0.2) is 0 Å². The van der Waals surface area contributed by atoms with E-state index in [0.717, 1.165) is 5.92 Å². The molecule has 50 valence electrons. The fourth-order valence-electron chi connectivity index (χ4n) is 1.14. The maximum atomic E-state index is 2.40. The van der Waals surface area contributed by atoms with E-state index in [2.05, 4.69) is 18.9 Å². The van der Waals surface area contributed by atoms with E-state index in [0.29, 0.717) is 0 Å². The van der Waals surface area contributed by atoms with Gasteiger partial charge in [-0.15, -0.1) is 0 Å². The molecule has 0 aromatic heterocycles. The highest BCUT2D eigenvalue weighted by atomic mass is 15.1. The minimum atomic E-state index is 0. The van der Waals surface area contributed by atoms with Crippen molar-refractivity contribution in [3.8, 4) is 0 Å². The largest absolute Gasteiger partial charge is 0.306 e. The van der Waals surface area contributed by atoms with E-state index < -0.39 is 0 Å². The molecular formula is C7H17N. The minimum Gasteiger partial charge on any atom is -0.306 e. The van der Waals surface area contributed by atoms with Crippen molar-refractivity contribution < 1.29 is 1.43 Å². The average molecular weight is 115 g/mol. The smallest absolute Gasteiger partial charge is 0 e. The Morgan fingerprint density at radius 2 is 1.88 bits per heavy atom. The molecule has 0 aromatic rings. The summed E-state index contributed by atoms with van der Waals surface area (Å²) >= 11 is 0. The normalized spacial score (nSPS) is 26.2. The maximum Gasteiger partial charge on any atom is 0 e. The Bertz CT molecular complexity index is 57.3. The van der Waals surface area contributed by atoms with Crippen LogP contribution in [0.2, 0.25) is 0 Å². The van der Waals surface area contributed by atoms with Gasteiger partial charge in [-0.05, 0) is 38.9 Å². The third-order valence-electron chi connectivity index (χ3n) is 2.01. The van der Waals surface area contributed by atoms with Crippen LogP contribution in [0.5, 0.6) is 0 Å². The molecule has 1 heterocycles. The summed E-state index contributed by atoms with van der Waals surface area (Å²) in [6, 6.07) is 0. The molecule has 1 rings (SSSR count). The molecule has 0 unspecified atom stereocenters. The summed E-state index contributed by atoms with van der Waals surface area (Å²) in [5, 5.41) is 0. The summed E-state index contributed by atoms with van der Waals surface area (Å²) in [5.41, 5.74) is 0. The molecule has 8 heavy (non-hydrogen) atoms. The van der Waals surface area contributed by atoms with Gasteiger partial charge >= 0.3 is 0 Å². The quantitative estimate of drug-likeness (QED) is 0.463. The molecule has 0 saturated carbocycles. The van der Waals surface area contributed by atoms with E-state index in [4.69, 9.17) is 0 Å². The lowest BCUT2D eigenvalue weighted by atomic mass is 10.00. The van der Waals surface area contributed by atoms with Crippen LogP contribution >= 0.6 is 0 Å². The standard InChI is InChI=1S/C7H15N.H2/c1-7-3-5-8(2)6-4-7;/h7H,3-6H2,1-2H3;1H. The Balaban J connectivity index is 0.000000640. The lowest BCUT2D eigenvalue weighted by molar-refractivity contribution is 0.230. The summed E-state index contributed by atoms with van der Waals surface area (Å²) < 4.78 is 0. The van der Waals surface area contributed by atoms with Crippen LogP contribution in [0.3, 0.4) is 0 Å². The highest BCUT2D eigenvalue weighted by Crippen LogP contribution is 2.13. The number of rotatable bonds is 0. The molecule has 1 fully saturated rings. The van der Waals surface area contributed by atoms with Gasteiger partial charge in [0.2, 0.25) is 0 Å². The number of likely N-dealkylation sites (tertiary alicyclic amines) is 1. The molecule has 0 amide bonds. The zero-order valence-corrected chi connectivity index (χ0v) is 5.85. The van der Waals surface area contributed by atoms with Crippen molar-refractivity contribution in [3.05, 3.63) is 0 Å². The molecule has 0 radical (unpaired) electrons. The molecule has 0 atom stereocenters. The fourth-order valence-corrected chi connectivity index (χ4v) is 1.14. The highest BCUT2D eigenvalue weighted by molar-refractivity contribution is 4.65. The molecule has 1 heteroatoms. The fraction of sp³-hybridized carbons (Fsp3) is 1.00. The summed E-state index contributed by atoms with van der Waals surface area (Å²) in [6.07, 6.45) is 2.80. The minimum absolute atomic E-state index is 0. The molecular weight excluding hydrogens is 98.1 g/mol. The van der Waals surface area contributed by atoms with Crippen LogP contribution in [-0.2, 0) is 0 Å². The zero-order valence-electron chi connectivity index (χ0n) is 5.85. The van der Waals surface area contributed by atoms with Crippen molar-refractivity contribution >= 4 is 0 Å². The summed E-state index contributed by atoms with van der Waals surface area (Å²) in [6.45, 7) is 4.95. The van der Waals surface area contributed by atoms with E-state index in [1.807, 2.05) is 0 Å². The molecule has 1 aliphatic rings. The van der Waals surface area contributed by atoms with Crippen LogP contribution < -0.4 is 0 Å². The second-order valence-corrected chi connectivity index (χ2v) is 2.99. The van der Waals surface area contributed by atoms with Gasteiger partial charge < -0.3 is 4.90 Å². The van der Waals surface area contributed by atoms with Gasteiger partial charge in [-0.25, -0.2) is 0 Å². The first-order valence-electron chi connectivity index (χ1n) is 3.47. The molecule has 1 saturated heterocycles. The average Bonchev–Trinajstić information content (AvgIpc) is 1.77. The summed E-state index contributed by atoms with van der Waals surface area (Å²) in [7, 11) is 2.20. The molecule has 0 aliphatic carbocycles. The number of hydrogen-bond donors (Lipinski definition) is 0. The highest BCUT2D eigenvalue weighted by Gasteiger charge is 2.10. The van der Waals surface area contributed by atoms with Gasteiger partial charge in [0.15, 0.2) is 0 Å². The van der Waals surface area contributed by atoms with Crippen LogP contribution in [0.4, 0.5) is 0 Å². The van der Waals surface area contributed by atoms with Gasteiger partial charge in [0.25, 0.3) is 0 Å². The van der Waals surface area contributed by atoms with Crippen LogP contribution in [-0.4, -0.2) is 25.0 Å². The Morgan fingerprint density at radius 3 is 2.25 bits per heavy atom. The van der Waals surface area contributed by atoms with Crippen molar-refractivity contribution in [2.24, 2.45) is 5.92 Å². The third-order valence-corrected chi connectivity index (χ3v) is 2.01. The third kappa shape index (κ3) is 1.48. The van der Waals surface area contributed by atoms with Crippen molar-refractivity contribution in [1.29, 1.82) is 0 Å². The Labute approximate surface area is 53.2 Å². The lowest BCUT2D eigenvalue weighted by Gasteiger charge is -2.26. The van der Waals surface area contributed by atoms with Crippen molar-refractivity contribution in [2.75, 3.05) is 20.1 Å². The van der Waals surface area contributed by atoms with Gasteiger partial charge in [0.05, 0.1) is 0 Å². The SMILES string of the molecule is CC1CCN(C)CC1.[HH]. The van der Waals surface area contributed by atoms with Crippen LogP contribution in [0.25, 0.3) is 0 Å². The van der Waals surface area contributed by atoms with Crippen LogP contribution in [0, 0.1) is 5.92 Å². The molecule has 0 bridgehead atoms. The Hall–Kier alpha value is -0.0400. The Kier molecular flexibility index (Phi) is 1.90. The first kappa shape index (κ1) is 6.09. The molecule has 0 N–H and O–H groups in total. The second kappa shape index (κ2) is 2.49. The Morgan fingerprint density at radius 1 is 1.38 bits per heavy atom. The van der Waals surface area contributed by atoms with E-state index in [-0.39, 0.29) is 1.43 Å². The van der Waals surface area contributed by atoms with Crippen molar-refractivity contribution in [3.63, 3.8) is 0 Å². The van der Waals surface area contributed by atoms with Gasteiger partial charge in [-0.3, -0.25) is 0 Å². The van der Waals surface area contributed by atoms with Gasteiger partial charge in [0, 0.05) is 1.43 Å². The van der Waals surface area contributed by atoms with E-state index in [9.17, 15) is 0 Å². The second-order valence-electron chi connectivity index (χ2n) is 2.99. The van der Waals surface area contributed by atoms with E-state index in [1.54, 1.807) is 0 Å². The van der Waals surface area contributed by atoms with E-state index >= 15 is 0 Å². The molecule has 0 spiro atoms. The predicted molar refractivity (Wildman–Crippen MR) is 38.0 cm³/mol. The molecule has 1 aliphatic heterocycles. The van der Waals surface area contributed by atoms with Gasteiger partial charge in [0.1, 0.15) is 0 Å². The van der Waals surface area contributed by atoms with E-state index in [1.165, 1.54) is 25.9 Å². The molecule has 1 nitrogen and oxygen atoms in total. The number of hydrogen-bond acceptors (Lipinski definition) is 1. The van der Waals surface area contributed by atoms with Crippen molar-refractivity contribution in [2.45, 2.75) is 19.8 Å². The maximum absolute atomic E-state index is 2.40. The van der Waals surface area contributed by atoms with Crippen molar-refractivity contribution in [1.82, 2.24) is 4.90 Å². The molecule has 0 aromatic carbocycles. The number of nitrogens with zero attached hydrogens (tertiary/aromatic N) is 1. The lowest BCUT2D eigenvalue weighted by Crippen LogP contribution is -2.28. The monoisotopic (exact) mass is 115 g/mol.